The van der Waals surface area contributed by atoms with Gasteiger partial charge in [0.25, 0.3) is 0 Å². The van der Waals surface area contributed by atoms with Crippen LogP contribution in [-0.2, 0) is 28.6 Å². The Hall–Kier alpha value is -2.19. The van der Waals surface area contributed by atoms with Gasteiger partial charge in [0.05, 0.1) is 6.61 Å². The monoisotopic (exact) mass is 764 g/mol. The van der Waals surface area contributed by atoms with E-state index in [1.165, 1.54) is 103 Å². The second-order valence-electron chi connectivity index (χ2n) is 15.3. The van der Waals surface area contributed by atoms with E-state index in [4.69, 9.17) is 19.3 Å². The van der Waals surface area contributed by atoms with Crippen LogP contribution in [0.4, 0.5) is 0 Å². The van der Waals surface area contributed by atoms with E-state index < -0.39 is 6.10 Å². The van der Waals surface area contributed by atoms with Crippen molar-refractivity contribution >= 4 is 17.9 Å². The summed E-state index contributed by atoms with van der Waals surface area (Å²) in [5, 5.41) is 9.05. The van der Waals surface area contributed by atoms with Gasteiger partial charge in [-0.25, -0.2) is 0 Å². The van der Waals surface area contributed by atoms with Crippen molar-refractivity contribution in [3.05, 3.63) is 24.3 Å². The van der Waals surface area contributed by atoms with E-state index in [2.05, 4.69) is 38.2 Å². The molecular weight excluding hydrogens is 679 g/mol. The predicted molar refractivity (Wildman–Crippen MR) is 225 cm³/mol. The number of ether oxygens (including phenoxy) is 3. The Labute approximate surface area is 332 Å². The summed E-state index contributed by atoms with van der Waals surface area (Å²) in [4.78, 5) is 39.5. The fraction of sp³-hybridized carbons (Fsp3) is 0.848. The molecule has 1 atom stereocenters. The van der Waals surface area contributed by atoms with E-state index in [-0.39, 0.29) is 44.1 Å². The first kappa shape index (κ1) is 51.8. The first-order valence-electron chi connectivity index (χ1n) is 22.5. The molecule has 0 saturated carbocycles. The van der Waals surface area contributed by atoms with Crippen LogP contribution in [-0.4, -0.2) is 74.0 Å². The zero-order chi connectivity index (χ0) is 39.6. The second-order valence-corrected chi connectivity index (χ2v) is 15.3. The van der Waals surface area contributed by atoms with Crippen LogP contribution < -0.4 is 0 Å². The largest absolute Gasteiger partial charge is 0.462 e. The molecule has 0 aliphatic rings. The van der Waals surface area contributed by atoms with Crippen molar-refractivity contribution in [2.45, 2.75) is 213 Å². The number of hydrogen-bond donors (Lipinski definition) is 1. The van der Waals surface area contributed by atoms with E-state index in [0.29, 0.717) is 32.4 Å². The van der Waals surface area contributed by atoms with Crippen molar-refractivity contribution in [2.24, 2.45) is 0 Å². The molecule has 0 aromatic rings. The molecule has 54 heavy (non-hydrogen) atoms. The topological polar surface area (TPSA) is 102 Å². The number of aliphatic hydroxyl groups is 1. The average molecular weight is 764 g/mol. The quantitative estimate of drug-likeness (QED) is 0.0284. The Kier molecular flexibility index (Phi) is 40.3. The maximum absolute atomic E-state index is 12.7. The fourth-order valence-electron chi connectivity index (χ4n) is 6.33. The minimum Gasteiger partial charge on any atom is -0.462 e. The summed E-state index contributed by atoms with van der Waals surface area (Å²) < 4.78 is 16.5. The molecule has 0 radical (unpaired) electrons. The molecule has 316 valence electrons. The third kappa shape index (κ3) is 39.5. The Morgan fingerprint density at radius 3 is 1.24 bits per heavy atom. The van der Waals surface area contributed by atoms with Gasteiger partial charge in [-0.2, -0.15) is 0 Å². The maximum atomic E-state index is 12.7. The van der Waals surface area contributed by atoms with Crippen molar-refractivity contribution in [1.82, 2.24) is 4.90 Å². The highest BCUT2D eigenvalue weighted by Gasteiger charge is 2.19. The van der Waals surface area contributed by atoms with Crippen LogP contribution in [0.15, 0.2) is 24.3 Å². The van der Waals surface area contributed by atoms with E-state index >= 15 is 0 Å². The Morgan fingerprint density at radius 2 is 0.833 bits per heavy atom. The highest BCUT2D eigenvalue weighted by molar-refractivity contribution is 5.71. The van der Waals surface area contributed by atoms with Crippen molar-refractivity contribution in [3.8, 4) is 0 Å². The molecule has 0 rings (SSSR count). The molecule has 0 fully saturated rings. The lowest BCUT2D eigenvalue weighted by molar-refractivity contribution is -0.167. The summed E-state index contributed by atoms with van der Waals surface area (Å²) in [6.07, 6.45) is 40.9. The number of hydrogen-bond acceptors (Lipinski definition) is 8. The average Bonchev–Trinajstić information content (AvgIpc) is 3.16. The van der Waals surface area contributed by atoms with Gasteiger partial charge in [-0.15, -0.1) is 0 Å². The minimum absolute atomic E-state index is 0.0704. The molecule has 0 aromatic carbocycles. The minimum atomic E-state index is -0.820. The van der Waals surface area contributed by atoms with Crippen LogP contribution in [0.2, 0.25) is 0 Å². The van der Waals surface area contributed by atoms with Crippen LogP contribution in [0.1, 0.15) is 206 Å². The number of aliphatic hydroxyl groups excluding tert-OH is 1. The standard InChI is InChI=1S/C46H85NO7/c1-4-6-8-10-12-14-16-18-20-22-24-26-28-30-32-35-44(49)52-41-43(42-53-45(50)37-34-38-47(3)39-40-48)54-46(51)36-33-31-29-27-25-23-21-19-17-15-13-11-9-7-5-2/h18-21,43,48H,4-17,22-42H2,1-3H3. The number of carbonyl (C=O) groups is 3. The third-order valence-electron chi connectivity index (χ3n) is 9.85. The summed E-state index contributed by atoms with van der Waals surface area (Å²) in [5.41, 5.74) is 0. The number of likely N-dealkylation sites (N-methyl/N-ethyl adjacent to an activating group) is 1. The molecule has 0 amide bonds. The Morgan fingerprint density at radius 1 is 0.481 bits per heavy atom. The first-order valence-corrected chi connectivity index (χ1v) is 22.5. The lowest BCUT2D eigenvalue weighted by atomic mass is 10.1. The summed E-state index contributed by atoms with van der Waals surface area (Å²) >= 11 is 0. The first-order chi connectivity index (χ1) is 26.4. The van der Waals surface area contributed by atoms with Gasteiger partial charge in [0, 0.05) is 25.8 Å². The van der Waals surface area contributed by atoms with Crippen molar-refractivity contribution in [3.63, 3.8) is 0 Å². The lowest BCUT2D eigenvalue weighted by Crippen LogP contribution is -2.31. The zero-order valence-electron chi connectivity index (χ0n) is 35.5. The van der Waals surface area contributed by atoms with Gasteiger partial charge in [-0.05, 0) is 84.2 Å². The highest BCUT2D eigenvalue weighted by atomic mass is 16.6. The highest BCUT2D eigenvalue weighted by Crippen LogP contribution is 2.13. The zero-order valence-corrected chi connectivity index (χ0v) is 35.5. The summed E-state index contributed by atoms with van der Waals surface area (Å²) in [5.74, 6) is -1.05. The summed E-state index contributed by atoms with van der Waals surface area (Å²) in [6.45, 7) is 5.54. The van der Waals surface area contributed by atoms with Gasteiger partial charge in [0.15, 0.2) is 6.10 Å². The molecular formula is C46H85NO7. The Balaban J connectivity index is 4.30. The number of nitrogens with zero attached hydrogens (tertiary/aromatic N) is 1. The van der Waals surface area contributed by atoms with Crippen molar-refractivity contribution in [1.29, 1.82) is 0 Å². The molecule has 1 N–H and O–H groups in total. The number of rotatable bonds is 41. The van der Waals surface area contributed by atoms with Gasteiger partial charge < -0.3 is 24.2 Å². The normalized spacial score (nSPS) is 12.2. The second kappa shape index (κ2) is 42.0. The van der Waals surface area contributed by atoms with Crippen LogP contribution in [0.25, 0.3) is 0 Å². The van der Waals surface area contributed by atoms with Crippen LogP contribution >= 0.6 is 0 Å². The van der Waals surface area contributed by atoms with Gasteiger partial charge in [0.2, 0.25) is 0 Å². The molecule has 0 aliphatic heterocycles. The number of esters is 3. The van der Waals surface area contributed by atoms with Gasteiger partial charge in [-0.3, -0.25) is 14.4 Å². The van der Waals surface area contributed by atoms with Gasteiger partial charge in [-0.1, -0.05) is 141 Å². The van der Waals surface area contributed by atoms with E-state index in [0.717, 1.165) is 64.2 Å². The molecule has 1 unspecified atom stereocenters. The summed E-state index contributed by atoms with van der Waals surface area (Å²) in [7, 11) is 1.89. The van der Waals surface area contributed by atoms with Crippen molar-refractivity contribution < 1.29 is 33.7 Å². The van der Waals surface area contributed by atoms with Gasteiger partial charge >= 0.3 is 17.9 Å². The molecule has 0 spiro atoms. The maximum Gasteiger partial charge on any atom is 0.306 e. The molecule has 8 heteroatoms. The number of unbranched alkanes of at least 4 members (excludes halogenated alkanes) is 22. The van der Waals surface area contributed by atoms with Crippen LogP contribution in [0.3, 0.4) is 0 Å². The van der Waals surface area contributed by atoms with E-state index in [9.17, 15) is 14.4 Å². The summed E-state index contributed by atoms with van der Waals surface area (Å²) in [6, 6.07) is 0. The van der Waals surface area contributed by atoms with E-state index in [1.807, 2.05) is 11.9 Å². The predicted octanol–water partition coefficient (Wildman–Crippen LogP) is 11.8. The SMILES string of the molecule is CCCCCCCCC=CCCCCCCCC(=O)OCC(COC(=O)CCCN(C)CCO)OC(=O)CCCCCCCC=CCCCCCCCC. The Bertz CT molecular complexity index is 905. The lowest BCUT2D eigenvalue weighted by Gasteiger charge is -2.19. The smallest absolute Gasteiger partial charge is 0.306 e. The van der Waals surface area contributed by atoms with Crippen LogP contribution in [0.5, 0.6) is 0 Å². The third-order valence-corrected chi connectivity index (χ3v) is 9.85. The molecule has 0 saturated heterocycles. The van der Waals surface area contributed by atoms with Crippen molar-refractivity contribution in [2.75, 3.05) is 40.0 Å². The van der Waals surface area contributed by atoms with E-state index in [1.54, 1.807) is 0 Å². The molecule has 0 bridgehead atoms. The van der Waals surface area contributed by atoms with Gasteiger partial charge in [0.1, 0.15) is 13.2 Å². The number of carbonyl (C=O) groups excluding carboxylic acids is 3. The molecule has 0 aromatic heterocycles. The molecule has 0 aliphatic carbocycles. The molecule has 8 nitrogen and oxygen atoms in total. The number of allylic oxidation sites excluding steroid dienone is 4. The fourth-order valence-corrected chi connectivity index (χ4v) is 6.33. The molecule has 0 heterocycles. The van der Waals surface area contributed by atoms with Crippen LogP contribution in [0, 0.1) is 0 Å².